The molecule has 0 atom stereocenters. The number of nitrogens with zero attached hydrogens (tertiary/aromatic N) is 2. The smallest absolute Gasteiger partial charge is 0.309 e. The number of H-pyrrole nitrogens is 2. The third-order valence-electron chi connectivity index (χ3n) is 9.20. The molecule has 0 bridgehead atoms. The van der Waals surface area contributed by atoms with Gasteiger partial charge in [-0.25, -0.2) is 9.97 Å². The van der Waals surface area contributed by atoms with Crippen LogP contribution >= 0.6 is 0 Å². The van der Waals surface area contributed by atoms with Gasteiger partial charge in [-0.05, 0) is 52.4 Å². The second-order valence-corrected chi connectivity index (χ2v) is 13.2. The van der Waals surface area contributed by atoms with Gasteiger partial charge in [-0.3, -0.25) is 9.59 Å². The molecule has 0 saturated heterocycles. The first-order chi connectivity index (χ1) is 22.3. The summed E-state index contributed by atoms with van der Waals surface area (Å²) in [5.74, 6) is -0.195. The van der Waals surface area contributed by atoms with Crippen LogP contribution in [0.3, 0.4) is 0 Å². The van der Waals surface area contributed by atoms with E-state index in [1.165, 1.54) is 50.9 Å². The number of nitrogens with one attached hydrogen (secondary N) is 2. The summed E-state index contributed by atoms with van der Waals surface area (Å²) in [4.78, 5) is 33.6. The van der Waals surface area contributed by atoms with Gasteiger partial charge in [0.1, 0.15) is 11.6 Å². The topological polar surface area (TPSA) is 253 Å². The van der Waals surface area contributed by atoms with Crippen LogP contribution in [0.1, 0.15) is 100 Å². The molecular formula is C33H58N4O10. The lowest BCUT2D eigenvalue weighted by molar-refractivity contribution is -0.137. The van der Waals surface area contributed by atoms with E-state index in [2.05, 4.69) is 19.9 Å². The first-order valence-corrected chi connectivity index (χ1v) is 16.5. The first kappa shape index (κ1) is 42.1. The number of aliphatic carboxylic acids is 2. The molecule has 3 aliphatic rings. The maximum absolute atomic E-state index is 10.1. The minimum absolute atomic E-state index is 0.0147. The lowest BCUT2D eigenvalue weighted by Gasteiger charge is -2.22. The fourth-order valence-corrected chi connectivity index (χ4v) is 5.92. The Labute approximate surface area is 277 Å². The summed E-state index contributed by atoms with van der Waals surface area (Å²) in [6, 6.07) is 0. The van der Waals surface area contributed by atoms with Crippen LogP contribution in [0.5, 0.6) is 0 Å². The van der Waals surface area contributed by atoms with Crippen LogP contribution in [0.25, 0.3) is 0 Å². The molecule has 5 rings (SSSR count). The monoisotopic (exact) mass is 670 g/mol. The van der Waals surface area contributed by atoms with E-state index >= 15 is 0 Å². The summed E-state index contributed by atoms with van der Waals surface area (Å²) >= 11 is 0. The van der Waals surface area contributed by atoms with Gasteiger partial charge in [-0.15, -0.1) is 0 Å². The van der Waals surface area contributed by atoms with Crippen molar-refractivity contribution in [2.45, 2.75) is 104 Å². The molecule has 0 aliphatic heterocycles. The number of carbonyl (C=O) groups is 2. The Morgan fingerprint density at radius 1 is 0.553 bits per heavy atom. The van der Waals surface area contributed by atoms with E-state index in [0.29, 0.717) is 11.4 Å². The van der Waals surface area contributed by atoms with Crippen LogP contribution in [0.15, 0.2) is 12.4 Å². The maximum Gasteiger partial charge on any atom is 0.309 e. The molecule has 0 aromatic carbocycles. The first-order valence-electron chi connectivity index (χ1n) is 16.5. The van der Waals surface area contributed by atoms with Crippen molar-refractivity contribution in [2.75, 3.05) is 39.6 Å². The van der Waals surface area contributed by atoms with Crippen LogP contribution < -0.4 is 0 Å². The van der Waals surface area contributed by atoms with Crippen molar-refractivity contribution >= 4 is 11.9 Å². The van der Waals surface area contributed by atoms with Crippen LogP contribution in [0.4, 0.5) is 0 Å². The molecule has 14 heteroatoms. The Hall–Kier alpha value is -2.88. The van der Waals surface area contributed by atoms with Gasteiger partial charge in [-0.1, -0.05) is 38.5 Å². The Kier molecular flexibility index (Phi) is 19.6. The van der Waals surface area contributed by atoms with Gasteiger partial charge >= 0.3 is 11.9 Å². The minimum atomic E-state index is -0.844. The van der Waals surface area contributed by atoms with Crippen molar-refractivity contribution in [3.63, 3.8) is 0 Å². The average Bonchev–Trinajstić information content (AvgIpc) is 3.91. The van der Waals surface area contributed by atoms with Gasteiger partial charge in [0.2, 0.25) is 0 Å². The molecule has 14 nitrogen and oxygen atoms in total. The van der Waals surface area contributed by atoms with Gasteiger partial charge < -0.3 is 50.8 Å². The van der Waals surface area contributed by atoms with Crippen molar-refractivity contribution in [1.29, 1.82) is 0 Å². The van der Waals surface area contributed by atoms with Crippen LogP contribution in [-0.2, 0) is 22.4 Å². The number of aromatic nitrogens is 4. The molecule has 2 aromatic heterocycles. The van der Waals surface area contributed by atoms with Crippen LogP contribution in [0.2, 0.25) is 0 Å². The van der Waals surface area contributed by atoms with E-state index in [1.807, 2.05) is 0 Å². The van der Waals surface area contributed by atoms with E-state index in [4.69, 9.17) is 40.9 Å². The van der Waals surface area contributed by atoms with Crippen molar-refractivity contribution in [3.05, 3.63) is 35.4 Å². The summed E-state index contributed by atoms with van der Waals surface area (Å²) in [5.41, 5.74) is 0.954. The van der Waals surface area contributed by atoms with Crippen LogP contribution in [0, 0.1) is 30.1 Å². The summed E-state index contributed by atoms with van der Waals surface area (Å²) in [6.45, 7) is 4.50. The van der Waals surface area contributed by atoms with Gasteiger partial charge in [0.25, 0.3) is 0 Å². The molecular weight excluding hydrogens is 612 g/mol. The predicted molar refractivity (Wildman–Crippen MR) is 175 cm³/mol. The maximum atomic E-state index is 10.1. The minimum Gasteiger partial charge on any atom is -0.481 e. The number of carboxylic acids is 2. The number of rotatable bonds is 10. The molecule has 10 N–H and O–H groups in total. The number of aryl methyl sites for hydroxylation is 2. The molecule has 3 fully saturated rings. The summed E-state index contributed by atoms with van der Waals surface area (Å²) in [5, 5.41) is 69.8. The number of aliphatic hydroxyl groups excluding tert-OH is 6. The molecule has 0 radical (unpaired) electrons. The highest BCUT2D eigenvalue weighted by Gasteiger charge is 2.33. The number of aliphatic hydroxyl groups is 6. The third-order valence-corrected chi connectivity index (χ3v) is 9.20. The van der Waals surface area contributed by atoms with E-state index in [9.17, 15) is 9.59 Å². The molecule has 270 valence electrons. The van der Waals surface area contributed by atoms with Gasteiger partial charge in [0, 0.05) is 40.0 Å². The molecule has 0 spiro atoms. The molecule has 0 unspecified atom stereocenters. The quantitative estimate of drug-likeness (QED) is 0.175. The summed E-state index contributed by atoms with van der Waals surface area (Å²) in [6.07, 6.45) is 16.1. The second kappa shape index (κ2) is 21.9. The lowest BCUT2D eigenvalue weighted by Crippen LogP contribution is -2.25. The Balaban J connectivity index is 0.000000294. The van der Waals surface area contributed by atoms with E-state index in [0.717, 1.165) is 50.2 Å². The fourth-order valence-electron chi connectivity index (χ4n) is 5.92. The zero-order valence-electron chi connectivity index (χ0n) is 28.1. The zero-order chi connectivity index (χ0) is 35.3. The SMILES string of the molecule is Cc1ncc(CC(=O)O)[nH]1.Cc1ncc(CC(=O)O)[nH]1.OCC1(CO)CCCC1.OCC1(CO)CCCC1.OCC1(CO)CCCC1. The molecule has 3 saturated carbocycles. The van der Waals surface area contributed by atoms with Gasteiger partial charge in [-0.2, -0.15) is 0 Å². The Morgan fingerprint density at radius 3 is 0.915 bits per heavy atom. The van der Waals surface area contributed by atoms with Gasteiger partial charge in [0.05, 0.1) is 52.5 Å². The molecule has 2 aromatic rings. The summed E-state index contributed by atoms with van der Waals surface area (Å²) in [7, 11) is 0. The molecule has 2 heterocycles. The second-order valence-electron chi connectivity index (χ2n) is 13.2. The Morgan fingerprint density at radius 2 is 0.787 bits per heavy atom. The van der Waals surface area contributed by atoms with Crippen molar-refractivity contribution in [3.8, 4) is 0 Å². The lowest BCUT2D eigenvalue weighted by atomic mass is 9.89. The number of imidazole rings is 2. The van der Waals surface area contributed by atoms with Crippen LogP contribution in [-0.4, -0.2) is 112 Å². The number of aromatic amines is 2. The zero-order valence-corrected chi connectivity index (χ0v) is 28.1. The molecule has 47 heavy (non-hydrogen) atoms. The number of carboxylic acid groups (broad SMARTS) is 2. The molecule has 3 aliphatic carbocycles. The average molecular weight is 671 g/mol. The fraction of sp³-hybridized carbons (Fsp3) is 0.758. The largest absolute Gasteiger partial charge is 0.481 e. The highest BCUT2D eigenvalue weighted by molar-refractivity contribution is 5.69. The third kappa shape index (κ3) is 15.7. The van der Waals surface area contributed by atoms with Gasteiger partial charge in [0.15, 0.2) is 0 Å². The van der Waals surface area contributed by atoms with E-state index in [1.54, 1.807) is 13.8 Å². The molecule has 0 amide bonds. The summed E-state index contributed by atoms with van der Waals surface area (Å²) < 4.78 is 0. The normalized spacial score (nSPS) is 18.3. The highest BCUT2D eigenvalue weighted by atomic mass is 16.4. The van der Waals surface area contributed by atoms with Crippen molar-refractivity contribution in [1.82, 2.24) is 19.9 Å². The predicted octanol–water partition coefficient (Wildman–Crippen LogP) is 2.28. The van der Waals surface area contributed by atoms with Crippen molar-refractivity contribution < 1.29 is 50.4 Å². The number of hydrogen-bond donors (Lipinski definition) is 10. The van der Waals surface area contributed by atoms with E-state index < -0.39 is 11.9 Å². The van der Waals surface area contributed by atoms with Crippen molar-refractivity contribution in [2.24, 2.45) is 16.2 Å². The highest BCUT2D eigenvalue weighted by Crippen LogP contribution is 2.38. The standard InChI is InChI=1S/3C7H14O2.2C6H8N2O2/c3*8-5-7(6-9)3-1-2-4-7;2*1-4-7-3-5(8-4)2-6(9)10/h3*8-9H,1-6H2;2*3H,2H2,1H3,(H,7,8)(H,9,10). The van der Waals surface area contributed by atoms with E-state index in [-0.39, 0.29) is 68.7 Å². The number of hydrogen-bond acceptors (Lipinski definition) is 10. The Bertz CT molecular complexity index is 1010.